The minimum Gasteiger partial charge on any atom is -0.347 e. The van der Waals surface area contributed by atoms with Gasteiger partial charge in [-0.05, 0) is 35.6 Å². The van der Waals surface area contributed by atoms with Gasteiger partial charge in [-0.2, -0.15) is 0 Å². The van der Waals surface area contributed by atoms with Gasteiger partial charge in [-0.15, -0.1) is 11.3 Å². The van der Waals surface area contributed by atoms with E-state index in [1.165, 1.54) is 11.1 Å². The molecule has 0 atom stereocenters. The number of fused-ring (bicyclic) bond motifs is 1. The fourth-order valence-electron chi connectivity index (χ4n) is 3.20. The van der Waals surface area contributed by atoms with E-state index in [2.05, 4.69) is 52.5 Å². The van der Waals surface area contributed by atoms with Crippen molar-refractivity contribution in [1.82, 2.24) is 9.88 Å². The van der Waals surface area contributed by atoms with Crippen LogP contribution in [-0.2, 0) is 13.1 Å². The van der Waals surface area contributed by atoms with Crippen molar-refractivity contribution >= 4 is 27.5 Å². The lowest BCUT2D eigenvalue weighted by molar-refractivity contribution is 0.0942. The van der Waals surface area contributed by atoms with Gasteiger partial charge in [-0.25, -0.2) is 0 Å². The first-order valence-electron chi connectivity index (χ1n) is 8.65. The Labute approximate surface area is 156 Å². The summed E-state index contributed by atoms with van der Waals surface area (Å²) in [6.07, 6.45) is 0. The lowest BCUT2D eigenvalue weighted by Gasteiger charge is -2.11. The molecule has 0 fully saturated rings. The minimum absolute atomic E-state index is 0.0371. The number of carbonyl (C=O) groups excluding carboxylic acids is 1. The highest BCUT2D eigenvalue weighted by molar-refractivity contribution is 7.17. The van der Waals surface area contributed by atoms with Crippen LogP contribution in [0, 0.1) is 6.92 Å². The average molecular weight is 360 g/mol. The second kappa shape index (κ2) is 7.18. The van der Waals surface area contributed by atoms with E-state index < -0.39 is 0 Å². The quantitative estimate of drug-likeness (QED) is 0.534. The molecule has 1 amide bonds. The van der Waals surface area contributed by atoms with Gasteiger partial charge >= 0.3 is 0 Å². The van der Waals surface area contributed by atoms with E-state index in [0.717, 1.165) is 15.8 Å². The second-order valence-corrected chi connectivity index (χ2v) is 7.39. The number of hydrogen-bond acceptors (Lipinski definition) is 2. The molecule has 0 aliphatic rings. The molecule has 130 valence electrons. The summed E-state index contributed by atoms with van der Waals surface area (Å²) in [7, 11) is 0. The third-order valence-corrected chi connectivity index (χ3v) is 5.33. The molecule has 0 saturated heterocycles. The van der Waals surface area contributed by atoms with Gasteiger partial charge in [0.25, 0.3) is 5.91 Å². The molecule has 3 nitrogen and oxygen atoms in total. The van der Waals surface area contributed by atoms with Crippen LogP contribution in [0.4, 0.5) is 0 Å². The van der Waals surface area contributed by atoms with E-state index in [-0.39, 0.29) is 5.91 Å². The first-order chi connectivity index (χ1) is 12.7. The van der Waals surface area contributed by atoms with Gasteiger partial charge in [0.2, 0.25) is 0 Å². The summed E-state index contributed by atoms with van der Waals surface area (Å²) in [6, 6.07) is 22.5. The molecule has 26 heavy (non-hydrogen) atoms. The van der Waals surface area contributed by atoms with Crippen LogP contribution in [0.15, 0.2) is 72.1 Å². The zero-order chi connectivity index (χ0) is 17.9. The Balaban J connectivity index is 1.62. The normalized spacial score (nSPS) is 11.0. The average Bonchev–Trinajstić information content (AvgIpc) is 3.23. The number of aryl methyl sites for hydroxylation is 1. The molecule has 2 aromatic carbocycles. The Morgan fingerprint density at radius 3 is 2.62 bits per heavy atom. The van der Waals surface area contributed by atoms with Crippen LogP contribution in [0.5, 0.6) is 0 Å². The largest absolute Gasteiger partial charge is 0.347 e. The minimum atomic E-state index is -0.0371. The van der Waals surface area contributed by atoms with Crippen LogP contribution in [-0.4, -0.2) is 10.5 Å². The predicted octanol–water partition coefficient (Wildman–Crippen LogP) is 4.99. The van der Waals surface area contributed by atoms with Crippen molar-refractivity contribution in [3.05, 3.63) is 94.5 Å². The van der Waals surface area contributed by atoms with Crippen molar-refractivity contribution in [1.29, 1.82) is 0 Å². The topological polar surface area (TPSA) is 34.0 Å². The van der Waals surface area contributed by atoms with Crippen molar-refractivity contribution in [3.8, 4) is 0 Å². The summed E-state index contributed by atoms with van der Waals surface area (Å²) < 4.78 is 3.25. The first-order valence-corrected chi connectivity index (χ1v) is 9.53. The monoisotopic (exact) mass is 360 g/mol. The number of thiophene rings is 1. The van der Waals surface area contributed by atoms with E-state index in [1.807, 2.05) is 36.4 Å². The van der Waals surface area contributed by atoms with Crippen molar-refractivity contribution in [2.24, 2.45) is 0 Å². The van der Waals surface area contributed by atoms with Crippen molar-refractivity contribution in [2.75, 3.05) is 0 Å². The summed E-state index contributed by atoms with van der Waals surface area (Å²) in [5, 5.41) is 5.12. The Morgan fingerprint density at radius 1 is 1.00 bits per heavy atom. The number of amides is 1. The van der Waals surface area contributed by atoms with Crippen molar-refractivity contribution < 1.29 is 4.79 Å². The zero-order valence-electron chi connectivity index (χ0n) is 14.6. The molecule has 4 heteroatoms. The molecule has 1 N–H and O–H groups in total. The SMILES string of the molecule is Cc1cccc(Cn2c(C(=O)NCc3ccccc3)cc3sccc32)c1. The fourth-order valence-corrected chi connectivity index (χ4v) is 4.02. The predicted molar refractivity (Wildman–Crippen MR) is 108 cm³/mol. The Hall–Kier alpha value is -2.85. The van der Waals surface area contributed by atoms with Gasteiger partial charge in [0.05, 0.1) is 10.2 Å². The van der Waals surface area contributed by atoms with Gasteiger partial charge in [-0.3, -0.25) is 4.79 Å². The van der Waals surface area contributed by atoms with Crippen LogP contribution in [0.3, 0.4) is 0 Å². The lowest BCUT2D eigenvalue weighted by Crippen LogP contribution is -2.25. The van der Waals surface area contributed by atoms with Gasteiger partial charge in [0.1, 0.15) is 5.69 Å². The smallest absolute Gasteiger partial charge is 0.268 e. The number of rotatable bonds is 5. The number of benzene rings is 2. The summed E-state index contributed by atoms with van der Waals surface area (Å²) >= 11 is 1.67. The zero-order valence-corrected chi connectivity index (χ0v) is 15.4. The number of hydrogen-bond donors (Lipinski definition) is 1. The van der Waals surface area contributed by atoms with E-state index in [4.69, 9.17) is 0 Å². The molecule has 0 unspecified atom stereocenters. The lowest BCUT2D eigenvalue weighted by atomic mass is 10.1. The van der Waals surface area contributed by atoms with E-state index in [0.29, 0.717) is 18.8 Å². The standard InChI is InChI=1S/C22H20N2OS/c1-16-6-5-9-18(12-16)15-24-19-10-11-26-21(19)13-20(24)22(25)23-14-17-7-3-2-4-8-17/h2-13H,14-15H2,1H3,(H,23,25). The third-order valence-electron chi connectivity index (χ3n) is 4.47. The highest BCUT2D eigenvalue weighted by Gasteiger charge is 2.16. The van der Waals surface area contributed by atoms with E-state index in [9.17, 15) is 4.79 Å². The summed E-state index contributed by atoms with van der Waals surface area (Å²) in [4.78, 5) is 12.8. The molecule has 0 radical (unpaired) electrons. The van der Waals surface area contributed by atoms with Crippen LogP contribution in [0.1, 0.15) is 27.2 Å². The number of nitrogens with zero attached hydrogens (tertiary/aromatic N) is 1. The molecule has 0 bridgehead atoms. The van der Waals surface area contributed by atoms with Crippen LogP contribution in [0.2, 0.25) is 0 Å². The van der Waals surface area contributed by atoms with Crippen LogP contribution < -0.4 is 5.32 Å². The highest BCUT2D eigenvalue weighted by Crippen LogP contribution is 2.26. The molecular weight excluding hydrogens is 340 g/mol. The first kappa shape index (κ1) is 16.6. The second-order valence-electron chi connectivity index (χ2n) is 6.44. The Bertz CT molecular complexity index is 1050. The van der Waals surface area contributed by atoms with Crippen LogP contribution >= 0.6 is 11.3 Å². The van der Waals surface area contributed by atoms with E-state index in [1.54, 1.807) is 11.3 Å². The summed E-state index contributed by atoms with van der Waals surface area (Å²) in [5.74, 6) is -0.0371. The fraction of sp³-hybridized carbons (Fsp3) is 0.136. The van der Waals surface area contributed by atoms with Gasteiger partial charge in [0.15, 0.2) is 0 Å². The summed E-state index contributed by atoms with van der Waals surface area (Å²) in [5.41, 5.74) is 5.35. The number of nitrogens with one attached hydrogen (secondary N) is 1. The molecule has 0 saturated carbocycles. The van der Waals surface area contributed by atoms with E-state index >= 15 is 0 Å². The van der Waals surface area contributed by atoms with Gasteiger partial charge < -0.3 is 9.88 Å². The molecule has 0 aliphatic carbocycles. The number of carbonyl (C=O) groups is 1. The maximum absolute atomic E-state index is 12.8. The summed E-state index contributed by atoms with van der Waals surface area (Å²) in [6.45, 7) is 3.31. The maximum Gasteiger partial charge on any atom is 0.268 e. The molecule has 0 aliphatic heterocycles. The number of aromatic nitrogens is 1. The van der Waals surface area contributed by atoms with Gasteiger partial charge in [-0.1, -0.05) is 60.2 Å². The third kappa shape index (κ3) is 3.41. The van der Waals surface area contributed by atoms with Crippen LogP contribution in [0.25, 0.3) is 10.2 Å². The Kier molecular flexibility index (Phi) is 4.59. The molecular formula is C22H20N2OS. The molecule has 0 spiro atoms. The van der Waals surface area contributed by atoms with Crippen molar-refractivity contribution in [3.63, 3.8) is 0 Å². The molecule has 4 aromatic rings. The molecule has 2 aromatic heterocycles. The highest BCUT2D eigenvalue weighted by atomic mass is 32.1. The Morgan fingerprint density at radius 2 is 1.81 bits per heavy atom. The maximum atomic E-state index is 12.8. The molecule has 2 heterocycles. The molecule has 4 rings (SSSR count). The van der Waals surface area contributed by atoms with Gasteiger partial charge in [0, 0.05) is 13.1 Å². The van der Waals surface area contributed by atoms with Crippen molar-refractivity contribution in [2.45, 2.75) is 20.0 Å².